The molecular formula is C13H18N2O2S. The zero-order valence-corrected chi connectivity index (χ0v) is 11.9. The summed E-state index contributed by atoms with van der Waals surface area (Å²) in [6.07, 6.45) is 0. The van der Waals surface area contributed by atoms with Gasteiger partial charge in [0, 0.05) is 5.69 Å². The molecule has 4 nitrogen and oxygen atoms in total. The molecular weight excluding hydrogens is 248 g/mol. The maximum absolute atomic E-state index is 11.9. The topological polar surface area (TPSA) is 70.0 Å². The Morgan fingerprint density at radius 3 is 2.11 bits per heavy atom. The van der Waals surface area contributed by atoms with Gasteiger partial charge in [0.15, 0.2) is 9.84 Å². The summed E-state index contributed by atoms with van der Waals surface area (Å²) in [5.41, 5.74) is 0.0441. The van der Waals surface area contributed by atoms with E-state index in [1.807, 2.05) is 0 Å². The van der Waals surface area contributed by atoms with Crippen LogP contribution < -0.4 is 5.32 Å². The molecule has 0 unspecified atom stereocenters. The fraction of sp³-hybridized carbons (Fsp3) is 0.462. The maximum atomic E-state index is 11.9. The van der Waals surface area contributed by atoms with Crippen molar-refractivity contribution in [3.63, 3.8) is 0 Å². The molecule has 1 aromatic rings. The Bertz CT molecular complexity index is 552. The Balaban J connectivity index is 2.99. The molecule has 0 aliphatic rings. The van der Waals surface area contributed by atoms with Crippen LogP contribution in [0.4, 0.5) is 5.69 Å². The van der Waals surface area contributed by atoms with Crippen molar-refractivity contribution in [2.75, 3.05) is 5.32 Å². The van der Waals surface area contributed by atoms with Gasteiger partial charge in [0.25, 0.3) is 0 Å². The van der Waals surface area contributed by atoms with E-state index in [4.69, 9.17) is 5.26 Å². The monoisotopic (exact) mass is 266 g/mol. The first kappa shape index (κ1) is 14.5. The lowest BCUT2D eigenvalue weighted by Gasteiger charge is -2.19. The largest absolute Gasteiger partial charge is 0.368 e. The standard InChI is InChI=1S/C13H18N2O2S/c1-10(2)18(16,17)12-7-5-11(6-8-12)15-13(3,4)9-14/h5-8,10,15H,1-4H3. The molecule has 0 amide bonds. The smallest absolute Gasteiger partial charge is 0.180 e. The van der Waals surface area contributed by atoms with E-state index in [9.17, 15) is 8.42 Å². The quantitative estimate of drug-likeness (QED) is 0.909. The lowest BCUT2D eigenvalue weighted by Crippen LogP contribution is -2.28. The number of sulfone groups is 1. The second kappa shape index (κ2) is 4.99. The fourth-order valence-electron chi connectivity index (χ4n) is 1.39. The SMILES string of the molecule is CC(C)S(=O)(=O)c1ccc(NC(C)(C)C#N)cc1. The molecule has 0 radical (unpaired) electrons. The van der Waals surface area contributed by atoms with E-state index in [0.717, 1.165) is 5.69 Å². The summed E-state index contributed by atoms with van der Waals surface area (Å²) < 4.78 is 23.8. The van der Waals surface area contributed by atoms with Gasteiger partial charge in [-0.2, -0.15) is 5.26 Å². The summed E-state index contributed by atoms with van der Waals surface area (Å²) in [4.78, 5) is 0.304. The van der Waals surface area contributed by atoms with E-state index in [1.54, 1.807) is 52.0 Å². The third-order valence-corrected chi connectivity index (χ3v) is 4.71. The van der Waals surface area contributed by atoms with E-state index >= 15 is 0 Å². The number of hydrogen-bond donors (Lipinski definition) is 1. The van der Waals surface area contributed by atoms with Crippen LogP contribution in [-0.4, -0.2) is 19.2 Å². The molecule has 0 aliphatic heterocycles. The average molecular weight is 266 g/mol. The highest BCUT2D eigenvalue weighted by molar-refractivity contribution is 7.92. The van der Waals surface area contributed by atoms with Gasteiger partial charge in [0.05, 0.1) is 16.2 Å². The van der Waals surface area contributed by atoms with E-state index < -0.39 is 20.6 Å². The molecule has 0 spiro atoms. The molecule has 1 rings (SSSR count). The first-order valence-corrected chi connectivity index (χ1v) is 7.27. The van der Waals surface area contributed by atoms with E-state index in [2.05, 4.69) is 11.4 Å². The van der Waals surface area contributed by atoms with Gasteiger partial charge < -0.3 is 5.32 Å². The van der Waals surface area contributed by atoms with E-state index in [0.29, 0.717) is 4.90 Å². The van der Waals surface area contributed by atoms with Crippen molar-refractivity contribution in [3.8, 4) is 6.07 Å². The molecule has 0 saturated carbocycles. The number of rotatable bonds is 4. The Morgan fingerprint density at radius 2 is 1.72 bits per heavy atom. The fourth-order valence-corrected chi connectivity index (χ4v) is 2.45. The van der Waals surface area contributed by atoms with E-state index in [-0.39, 0.29) is 0 Å². The van der Waals surface area contributed by atoms with Crippen molar-refractivity contribution >= 4 is 15.5 Å². The summed E-state index contributed by atoms with van der Waals surface area (Å²) >= 11 is 0. The summed E-state index contributed by atoms with van der Waals surface area (Å²) in [6, 6.07) is 8.59. The molecule has 0 atom stereocenters. The predicted molar refractivity (Wildman–Crippen MR) is 72.1 cm³/mol. The van der Waals surface area contributed by atoms with Gasteiger partial charge >= 0.3 is 0 Å². The van der Waals surface area contributed by atoms with Gasteiger partial charge in [0.1, 0.15) is 5.54 Å². The van der Waals surface area contributed by atoms with Gasteiger partial charge in [-0.05, 0) is 52.0 Å². The molecule has 1 N–H and O–H groups in total. The van der Waals surface area contributed by atoms with Crippen LogP contribution >= 0.6 is 0 Å². The lowest BCUT2D eigenvalue weighted by molar-refractivity contribution is 0.587. The highest BCUT2D eigenvalue weighted by atomic mass is 32.2. The van der Waals surface area contributed by atoms with Crippen LogP contribution in [0.2, 0.25) is 0 Å². The highest BCUT2D eigenvalue weighted by Gasteiger charge is 2.20. The number of nitriles is 1. The summed E-state index contributed by atoms with van der Waals surface area (Å²) in [5.74, 6) is 0. The number of anilines is 1. The van der Waals surface area contributed by atoms with Crippen molar-refractivity contribution in [1.82, 2.24) is 0 Å². The first-order valence-electron chi connectivity index (χ1n) is 5.72. The minimum Gasteiger partial charge on any atom is -0.368 e. The van der Waals surface area contributed by atoms with Crippen molar-refractivity contribution < 1.29 is 8.42 Å². The van der Waals surface area contributed by atoms with Crippen LogP contribution in [0, 0.1) is 11.3 Å². The number of nitrogens with zero attached hydrogens (tertiary/aromatic N) is 1. The average Bonchev–Trinajstić information content (AvgIpc) is 2.29. The molecule has 1 aromatic carbocycles. The van der Waals surface area contributed by atoms with Crippen molar-refractivity contribution in [2.45, 2.75) is 43.4 Å². The minimum absolute atomic E-state index is 0.304. The number of benzene rings is 1. The number of hydrogen-bond acceptors (Lipinski definition) is 4. The second-order valence-electron chi connectivity index (χ2n) is 4.98. The Labute approximate surface area is 109 Å². The van der Waals surface area contributed by atoms with Gasteiger partial charge in [-0.1, -0.05) is 0 Å². The van der Waals surface area contributed by atoms with Crippen LogP contribution in [0.5, 0.6) is 0 Å². The van der Waals surface area contributed by atoms with Crippen molar-refractivity contribution in [3.05, 3.63) is 24.3 Å². The Morgan fingerprint density at radius 1 is 1.22 bits per heavy atom. The molecule has 98 valence electrons. The molecule has 0 aromatic heterocycles. The molecule has 0 aliphatic carbocycles. The Kier molecular flexibility index (Phi) is 4.02. The zero-order valence-electron chi connectivity index (χ0n) is 11.1. The highest BCUT2D eigenvalue weighted by Crippen LogP contribution is 2.20. The Hall–Kier alpha value is -1.54. The molecule has 0 fully saturated rings. The third kappa shape index (κ3) is 3.23. The molecule has 5 heteroatoms. The number of nitrogens with one attached hydrogen (secondary N) is 1. The van der Waals surface area contributed by atoms with Crippen LogP contribution in [0.15, 0.2) is 29.2 Å². The van der Waals surface area contributed by atoms with Gasteiger partial charge in [-0.15, -0.1) is 0 Å². The summed E-state index contributed by atoms with van der Waals surface area (Å²) in [5, 5.41) is 11.5. The second-order valence-corrected chi connectivity index (χ2v) is 7.48. The molecule has 0 bridgehead atoms. The predicted octanol–water partition coefficient (Wildman–Crippen LogP) is 2.58. The van der Waals surface area contributed by atoms with Crippen LogP contribution in [0.1, 0.15) is 27.7 Å². The van der Waals surface area contributed by atoms with Gasteiger partial charge in [-0.3, -0.25) is 0 Å². The van der Waals surface area contributed by atoms with Crippen LogP contribution in [0.3, 0.4) is 0 Å². The van der Waals surface area contributed by atoms with Gasteiger partial charge in [0.2, 0.25) is 0 Å². The third-order valence-electron chi connectivity index (χ3n) is 2.54. The van der Waals surface area contributed by atoms with Crippen molar-refractivity contribution in [1.29, 1.82) is 5.26 Å². The van der Waals surface area contributed by atoms with E-state index in [1.165, 1.54) is 0 Å². The first-order chi connectivity index (χ1) is 8.19. The minimum atomic E-state index is -3.24. The molecule has 18 heavy (non-hydrogen) atoms. The van der Waals surface area contributed by atoms with Gasteiger partial charge in [-0.25, -0.2) is 8.42 Å². The maximum Gasteiger partial charge on any atom is 0.180 e. The summed E-state index contributed by atoms with van der Waals surface area (Å²) in [6.45, 7) is 6.82. The lowest BCUT2D eigenvalue weighted by atomic mass is 10.1. The van der Waals surface area contributed by atoms with Crippen LogP contribution in [0.25, 0.3) is 0 Å². The summed E-state index contributed by atoms with van der Waals surface area (Å²) in [7, 11) is -3.24. The molecule has 0 saturated heterocycles. The normalized spacial score (nSPS) is 12.2. The van der Waals surface area contributed by atoms with Crippen molar-refractivity contribution in [2.24, 2.45) is 0 Å². The molecule has 0 heterocycles. The van der Waals surface area contributed by atoms with Crippen LogP contribution in [-0.2, 0) is 9.84 Å². The zero-order chi connectivity index (χ0) is 14.0.